The number of rotatable bonds is 5. The standard InChI is InChI=1S/C12H18N2O4S/c1-2-14(9-10-4-3-7-18-10)19(16,17)12-8-13-6-5-11(12)15/h5-6,8,10H,2-4,7,9H2,1H3,(H,13,15). The molecule has 1 saturated heterocycles. The van der Waals surface area contributed by atoms with Gasteiger partial charge in [0.25, 0.3) is 0 Å². The maximum atomic E-state index is 12.4. The van der Waals surface area contributed by atoms with Crippen LogP contribution < -0.4 is 5.43 Å². The van der Waals surface area contributed by atoms with Crippen molar-refractivity contribution in [1.29, 1.82) is 0 Å². The predicted molar refractivity (Wildman–Crippen MR) is 70.5 cm³/mol. The quantitative estimate of drug-likeness (QED) is 0.858. The van der Waals surface area contributed by atoms with E-state index in [1.807, 2.05) is 0 Å². The molecular weight excluding hydrogens is 268 g/mol. The Bertz CT molecular complexity index is 575. The number of ether oxygens (including phenoxy) is 1. The number of nitrogens with zero attached hydrogens (tertiary/aromatic N) is 1. The molecule has 1 aliphatic heterocycles. The summed E-state index contributed by atoms with van der Waals surface area (Å²) in [5, 5.41) is 0. The molecule has 0 radical (unpaired) electrons. The van der Waals surface area contributed by atoms with Crippen molar-refractivity contribution >= 4 is 10.0 Å². The monoisotopic (exact) mass is 286 g/mol. The van der Waals surface area contributed by atoms with Gasteiger partial charge in [0, 0.05) is 38.2 Å². The van der Waals surface area contributed by atoms with Crippen LogP contribution in [0.15, 0.2) is 28.2 Å². The van der Waals surface area contributed by atoms with Crippen LogP contribution in [0, 0.1) is 0 Å². The molecule has 1 unspecified atom stereocenters. The van der Waals surface area contributed by atoms with Crippen LogP contribution in [0.3, 0.4) is 0 Å². The van der Waals surface area contributed by atoms with E-state index in [1.165, 1.54) is 22.8 Å². The highest BCUT2D eigenvalue weighted by Gasteiger charge is 2.29. The molecule has 106 valence electrons. The van der Waals surface area contributed by atoms with Crippen molar-refractivity contribution < 1.29 is 13.2 Å². The van der Waals surface area contributed by atoms with E-state index in [0.717, 1.165) is 12.8 Å². The molecule has 0 bridgehead atoms. The van der Waals surface area contributed by atoms with Crippen LogP contribution in [-0.2, 0) is 14.8 Å². The summed E-state index contributed by atoms with van der Waals surface area (Å²) in [6.07, 6.45) is 4.39. The Balaban J connectivity index is 2.25. The topological polar surface area (TPSA) is 79.5 Å². The highest BCUT2D eigenvalue weighted by atomic mass is 32.2. The molecular formula is C12H18N2O4S. The van der Waals surface area contributed by atoms with Crippen LogP contribution in [-0.4, -0.2) is 43.5 Å². The first kappa shape index (κ1) is 14.2. The Morgan fingerprint density at radius 3 is 2.89 bits per heavy atom. The van der Waals surface area contributed by atoms with Crippen molar-refractivity contribution in [3.05, 3.63) is 28.7 Å². The molecule has 19 heavy (non-hydrogen) atoms. The van der Waals surface area contributed by atoms with E-state index in [1.54, 1.807) is 6.92 Å². The van der Waals surface area contributed by atoms with Crippen LogP contribution in [0.1, 0.15) is 19.8 Å². The summed E-state index contributed by atoms with van der Waals surface area (Å²) in [5.41, 5.74) is -0.496. The third-order valence-electron chi connectivity index (χ3n) is 3.19. The second-order valence-corrected chi connectivity index (χ2v) is 6.37. The maximum absolute atomic E-state index is 12.4. The predicted octanol–water partition coefficient (Wildman–Crippen LogP) is 0.564. The Morgan fingerprint density at radius 2 is 2.32 bits per heavy atom. The van der Waals surface area contributed by atoms with Gasteiger partial charge in [-0.05, 0) is 12.8 Å². The summed E-state index contributed by atoms with van der Waals surface area (Å²) in [4.78, 5) is 14.1. The van der Waals surface area contributed by atoms with Crippen molar-refractivity contribution in [2.24, 2.45) is 0 Å². The summed E-state index contributed by atoms with van der Waals surface area (Å²) >= 11 is 0. The van der Waals surface area contributed by atoms with Crippen LogP contribution in [0.25, 0.3) is 0 Å². The Labute approximate surface area is 112 Å². The van der Waals surface area contributed by atoms with Gasteiger partial charge >= 0.3 is 0 Å². The molecule has 6 nitrogen and oxygen atoms in total. The number of pyridine rings is 1. The zero-order valence-corrected chi connectivity index (χ0v) is 11.6. The van der Waals surface area contributed by atoms with Gasteiger partial charge in [-0.3, -0.25) is 4.79 Å². The molecule has 0 saturated carbocycles. The van der Waals surface area contributed by atoms with Gasteiger partial charge in [-0.15, -0.1) is 0 Å². The number of hydrogen-bond acceptors (Lipinski definition) is 4. The Hall–Kier alpha value is -1.18. The van der Waals surface area contributed by atoms with E-state index < -0.39 is 15.5 Å². The first-order chi connectivity index (χ1) is 9.05. The zero-order chi connectivity index (χ0) is 13.9. The molecule has 1 aromatic rings. The average molecular weight is 286 g/mol. The molecule has 1 atom stereocenters. The van der Waals surface area contributed by atoms with Gasteiger partial charge in [-0.2, -0.15) is 4.31 Å². The van der Waals surface area contributed by atoms with E-state index in [9.17, 15) is 13.2 Å². The molecule has 1 N–H and O–H groups in total. The van der Waals surface area contributed by atoms with Crippen LogP contribution >= 0.6 is 0 Å². The Morgan fingerprint density at radius 1 is 1.53 bits per heavy atom. The minimum atomic E-state index is -3.76. The average Bonchev–Trinajstić information content (AvgIpc) is 2.89. The van der Waals surface area contributed by atoms with E-state index in [2.05, 4.69) is 4.98 Å². The summed E-state index contributed by atoms with van der Waals surface area (Å²) in [5.74, 6) is 0. The molecule has 1 aliphatic rings. The third kappa shape index (κ3) is 3.05. The number of nitrogens with one attached hydrogen (secondary N) is 1. The smallest absolute Gasteiger partial charge is 0.248 e. The second kappa shape index (κ2) is 5.85. The minimum Gasteiger partial charge on any atom is -0.377 e. The third-order valence-corrected chi connectivity index (χ3v) is 5.15. The van der Waals surface area contributed by atoms with Crippen molar-refractivity contribution in [3.8, 4) is 0 Å². The molecule has 1 aromatic heterocycles. The SMILES string of the molecule is CCN(CC1CCCO1)S(=O)(=O)c1c[nH]ccc1=O. The van der Waals surface area contributed by atoms with Gasteiger partial charge in [-0.25, -0.2) is 8.42 Å². The lowest BCUT2D eigenvalue weighted by Crippen LogP contribution is -2.39. The van der Waals surface area contributed by atoms with Crippen LogP contribution in [0.2, 0.25) is 0 Å². The number of aromatic amines is 1. The first-order valence-corrected chi connectivity index (χ1v) is 7.78. The molecule has 2 rings (SSSR count). The number of H-pyrrole nitrogens is 1. The lowest BCUT2D eigenvalue weighted by molar-refractivity contribution is 0.0946. The van der Waals surface area contributed by atoms with E-state index >= 15 is 0 Å². The van der Waals surface area contributed by atoms with E-state index in [0.29, 0.717) is 19.7 Å². The maximum Gasteiger partial charge on any atom is 0.248 e. The molecule has 2 heterocycles. The number of sulfonamides is 1. The van der Waals surface area contributed by atoms with Crippen LogP contribution in [0.5, 0.6) is 0 Å². The van der Waals surface area contributed by atoms with Gasteiger partial charge in [0.2, 0.25) is 15.5 Å². The fourth-order valence-corrected chi connectivity index (χ4v) is 3.67. The number of hydrogen-bond donors (Lipinski definition) is 1. The van der Waals surface area contributed by atoms with Gasteiger partial charge in [0.1, 0.15) is 4.90 Å². The van der Waals surface area contributed by atoms with E-state index in [-0.39, 0.29) is 11.0 Å². The normalized spacial score (nSPS) is 20.0. The minimum absolute atomic E-state index is 0.0717. The van der Waals surface area contributed by atoms with Crippen LogP contribution in [0.4, 0.5) is 0 Å². The summed E-state index contributed by atoms with van der Waals surface area (Å²) in [7, 11) is -3.76. The molecule has 1 fully saturated rings. The van der Waals surface area contributed by atoms with Crippen molar-refractivity contribution in [2.75, 3.05) is 19.7 Å². The molecule has 0 amide bonds. The lowest BCUT2D eigenvalue weighted by Gasteiger charge is -2.22. The number of aromatic nitrogens is 1. The van der Waals surface area contributed by atoms with Gasteiger partial charge in [-0.1, -0.05) is 6.92 Å². The summed E-state index contributed by atoms with van der Waals surface area (Å²) in [6.45, 7) is 3.04. The highest BCUT2D eigenvalue weighted by molar-refractivity contribution is 7.89. The zero-order valence-electron chi connectivity index (χ0n) is 10.8. The fraction of sp³-hybridized carbons (Fsp3) is 0.583. The summed E-state index contributed by atoms with van der Waals surface area (Å²) < 4.78 is 31.6. The summed E-state index contributed by atoms with van der Waals surface area (Å²) in [6, 6.07) is 1.22. The lowest BCUT2D eigenvalue weighted by atomic mass is 10.2. The molecule has 0 aliphatic carbocycles. The highest BCUT2D eigenvalue weighted by Crippen LogP contribution is 2.17. The molecule has 0 aromatic carbocycles. The molecule has 0 spiro atoms. The van der Waals surface area contributed by atoms with E-state index in [4.69, 9.17) is 4.74 Å². The van der Waals surface area contributed by atoms with Gasteiger partial charge < -0.3 is 9.72 Å². The Kier molecular flexibility index (Phi) is 4.38. The molecule has 7 heteroatoms. The van der Waals surface area contributed by atoms with Gasteiger partial charge in [0.15, 0.2) is 0 Å². The first-order valence-electron chi connectivity index (χ1n) is 6.34. The van der Waals surface area contributed by atoms with Crippen molar-refractivity contribution in [3.63, 3.8) is 0 Å². The van der Waals surface area contributed by atoms with Gasteiger partial charge in [0.05, 0.1) is 6.10 Å². The van der Waals surface area contributed by atoms with Crippen molar-refractivity contribution in [2.45, 2.75) is 30.8 Å². The van der Waals surface area contributed by atoms with Crippen molar-refractivity contribution in [1.82, 2.24) is 9.29 Å². The fourth-order valence-electron chi connectivity index (χ4n) is 2.15. The number of likely N-dealkylation sites (N-methyl/N-ethyl adjacent to an activating group) is 1. The largest absolute Gasteiger partial charge is 0.377 e. The second-order valence-electron chi connectivity index (χ2n) is 4.46.